The molecule has 2 saturated heterocycles. The van der Waals surface area contributed by atoms with E-state index in [1.165, 1.54) is 0 Å². The van der Waals surface area contributed by atoms with Gasteiger partial charge in [-0.05, 0) is 6.42 Å². The van der Waals surface area contributed by atoms with E-state index in [1.54, 1.807) is 13.3 Å². The number of aromatic amines is 1. The SMILES string of the molecule is CO[C@@H]1CCN(Cc2ncc[nH]2)C[C@H]1CC(=O)N1CCOCC1. The summed E-state index contributed by atoms with van der Waals surface area (Å²) in [6.45, 7) is 5.35. The molecule has 2 aliphatic heterocycles. The summed E-state index contributed by atoms with van der Waals surface area (Å²) in [5.74, 6) is 1.43. The van der Waals surface area contributed by atoms with Crippen LogP contribution in [-0.4, -0.2) is 78.3 Å². The Bertz CT molecular complexity index is 488. The third-order valence-corrected chi connectivity index (χ3v) is 4.78. The van der Waals surface area contributed by atoms with Crippen LogP contribution in [0.5, 0.6) is 0 Å². The zero-order valence-corrected chi connectivity index (χ0v) is 13.7. The van der Waals surface area contributed by atoms with Gasteiger partial charge in [-0.15, -0.1) is 0 Å². The number of nitrogens with zero attached hydrogens (tertiary/aromatic N) is 3. The Hall–Kier alpha value is -1.44. The van der Waals surface area contributed by atoms with E-state index in [0.717, 1.165) is 31.9 Å². The van der Waals surface area contributed by atoms with Crippen LogP contribution >= 0.6 is 0 Å². The molecule has 1 aromatic heterocycles. The van der Waals surface area contributed by atoms with Crippen molar-refractivity contribution in [3.63, 3.8) is 0 Å². The zero-order chi connectivity index (χ0) is 16.1. The van der Waals surface area contributed by atoms with Crippen LogP contribution in [0.3, 0.4) is 0 Å². The van der Waals surface area contributed by atoms with Crippen molar-refractivity contribution in [2.45, 2.75) is 25.5 Å². The molecule has 23 heavy (non-hydrogen) atoms. The number of piperidine rings is 1. The number of rotatable bonds is 5. The standard InChI is InChI=1S/C16H26N4O3/c1-22-14-2-5-19(12-15-17-3-4-18-15)11-13(14)10-16(21)20-6-8-23-9-7-20/h3-4,13-14H,2,5-12H2,1H3,(H,17,18)/t13-,14-/m1/s1. The van der Waals surface area contributed by atoms with Crippen molar-refractivity contribution in [3.8, 4) is 0 Å². The van der Waals surface area contributed by atoms with Crippen molar-refractivity contribution in [3.05, 3.63) is 18.2 Å². The first-order valence-corrected chi connectivity index (χ1v) is 8.35. The van der Waals surface area contributed by atoms with Crippen LogP contribution in [0.2, 0.25) is 0 Å². The Morgan fingerprint density at radius 3 is 2.96 bits per heavy atom. The lowest BCUT2D eigenvalue weighted by atomic mass is 9.91. The van der Waals surface area contributed by atoms with E-state index >= 15 is 0 Å². The Morgan fingerprint density at radius 1 is 1.43 bits per heavy atom. The maximum Gasteiger partial charge on any atom is 0.223 e. The second-order valence-corrected chi connectivity index (χ2v) is 6.29. The number of carbonyl (C=O) groups excluding carboxylic acids is 1. The van der Waals surface area contributed by atoms with Crippen molar-refractivity contribution in [2.24, 2.45) is 5.92 Å². The molecular weight excluding hydrogens is 296 g/mol. The Morgan fingerprint density at radius 2 is 2.26 bits per heavy atom. The lowest BCUT2D eigenvalue weighted by Gasteiger charge is -2.38. The number of carbonyl (C=O) groups is 1. The fourth-order valence-electron chi connectivity index (χ4n) is 3.50. The number of aromatic nitrogens is 2. The highest BCUT2D eigenvalue weighted by Crippen LogP contribution is 2.24. The first kappa shape index (κ1) is 16.4. The number of hydrogen-bond donors (Lipinski definition) is 1. The van der Waals surface area contributed by atoms with E-state index in [-0.39, 0.29) is 17.9 Å². The lowest BCUT2D eigenvalue weighted by Crippen LogP contribution is -2.47. The number of likely N-dealkylation sites (tertiary alicyclic amines) is 1. The predicted octanol–water partition coefficient (Wildman–Crippen LogP) is 0.496. The molecule has 0 bridgehead atoms. The van der Waals surface area contributed by atoms with Crippen LogP contribution in [0.25, 0.3) is 0 Å². The van der Waals surface area contributed by atoms with Crippen LogP contribution in [0.1, 0.15) is 18.7 Å². The van der Waals surface area contributed by atoms with Crippen molar-refractivity contribution in [1.29, 1.82) is 0 Å². The number of ether oxygens (including phenoxy) is 2. The molecule has 0 saturated carbocycles. The van der Waals surface area contributed by atoms with Gasteiger partial charge in [0.25, 0.3) is 0 Å². The summed E-state index contributed by atoms with van der Waals surface area (Å²) in [5, 5.41) is 0. The van der Waals surface area contributed by atoms with Gasteiger partial charge in [0, 0.05) is 58.0 Å². The summed E-state index contributed by atoms with van der Waals surface area (Å²) in [6, 6.07) is 0. The Kier molecular flexibility index (Phi) is 5.64. The van der Waals surface area contributed by atoms with Gasteiger partial charge in [-0.1, -0.05) is 0 Å². The topological polar surface area (TPSA) is 70.7 Å². The van der Waals surface area contributed by atoms with Crippen molar-refractivity contribution >= 4 is 5.91 Å². The maximum atomic E-state index is 12.5. The number of morpholine rings is 1. The maximum absolute atomic E-state index is 12.5. The number of methoxy groups -OCH3 is 1. The highest BCUT2D eigenvalue weighted by molar-refractivity contribution is 5.76. The average Bonchev–Trinajstić information content (AvgIpc) is 3.09. The number of H-pyrrole nitrogens is 1. The summed E-state index contributed by atoms with van der Waals surface area (Å²) in [7, 11) is 1.75. The number of nitrogens with one attached hydrogen (secondary N) is 1. The summed E-state index contributed by atoms with van der Waals surface area (Å²) in [5.41, 5.74) is 0. The molecule has 0 unspecified atom stereocenters. The molecule has 3 heterocycles. The minimum absolute atomic E-state index is 0.160. The number of imidazole rings is 1. The second kappa shape index (κ2) is 7.90. The highest BCUT2D eigenvalue weighted by atomic mass is 16.5. The van der Waals surface area contributed by atoms with Gasteiger partial charge in [0.2, 0.25) is 5.91 Å². The molecule has 0 spiro atoms. The predicted molar refractivity (Wildman–Crippen MR) is 84.8 cm³/mol. The van der Waals surface area contributed by atoms with E-state index in [2.05, 4.69) is 14.9 Å². The Labute approximate surface area is 137 Å². The molecule has 128 valence electrons. The Balaban J connectivity index is 1.56. The fraction of sp³-hybridized carbons (Fsp3) is 0.750. The summed E-state index contributed by atoms with van der Waals surface area (Å²) >= 11 is 0. The van der Waals surface area contributed by atoms with E-state index < -0.39 is 0 Å². The van der Waals surface area contributed by atoms with Gasteiger partial charge in [0.1, 0.15) is 5.82 Å². The molecule has 1 aromatic rings. The van der Waals surface area contributed by atoms with E-state index in [1.807, 2.05) is 11.1 Å². The average molecular weight is 322 g/mol. The largest absolute Gasteiger partial charge is 0.381 e. The number of amides is 1. The van der Waals surface area contributed by atoms with E-state index in [0.29, 0.717) is 32.7 Å². The third-order valence-electron chi connectivity index (χ3n) is 4.78. The second-order valence-electron chi connectivity index (χ2n) is 6.29. The van der Waals surface area contributed by atoms with Gasteiger partial charge in [0.15, 0.2) is 0 Å². The molecule has 0 aliphatic carbocycles. The smallest absolute Gasteiger partial charge is 0.223 e. The highest BCUT2D eigenvalue weighted by Gasteiger charge is 2.32. The minimum atomic E-state index is 0.160. The molecule has 7 nitrogen and oxygen atoms in total. The lowest BCUT2D eigenvalue weighted by molar-refractivity contribution is -0.138. The van der Waals surface area contributed by atoms with Crippen LogP contribution < -0.4 is 0 Å². The van der Waals surface area contributed by atoms with Crippen LogP contribution in [0, 0.1) is 5.92 Å². The molecule has 1 amide bonds. The van der Waals surface area contributed by atoms with Gasteiger partial charge in [-0.2, -0.15) is 0 Å². The van der Waals surface area contributed by atoms with Gasteiger partial charge in [0.05, 0.1) is 25.9 Å². The quantitative estimate of drug-likeness (QED) is 0.854. The monoisotopic (exact) mass is 322 g/mol. The summed E-state index contributed by atoms with van der Waals surface area (Å²) in [4.78, 5) is 24.2. The third kappa shape index (κ3) is 4.31. The van der Waals surface area contributed by atoms with E-state index in [4.69, 9.17) is 9.47 Å². The summed E-state index contributed by atoms with van der Waals surface area (Å²) in [6.07, 6.45) is 5.28. The molecule has 2 aliphatic rings. The summed E-state index contributed by atoms with van der Waals surface area (Å²) < 4.78 is 11.0. The molecule has 2 fully saturated rings. The number of hydrogen-bond acceptors (Lipinski definition) is 5. The zero-order valence-electron chi connectivity index (χ0n) is 13.7. The molecule has 7 heteroatoms. The van der Waals surface area contributed by atoms with Crippen molar-refractivity contribution < 1.29 is 14.3 Å². The molecule has 2 atom stereocenters. The molecule has 0 aromatic carbocycles. The minimum Gasteiger partial charge on any atom is -0.381 e. The van der Waals surface area contributed by atoms with Crippen LogP contribution in [0.15, 0.2) is 12.4 Å². The van der Waals surface area contributed by atoms with Gasteiger partial charge in [-0.3, -0.25) is 9.69 Å². The normalized spacial score (nSPS) is 26.4. The van der Waals surface area contributed by atoms with E-state index in [9.17, 15) is 4.79 Å². The van der Waals surface area contributed by atoms with Gasteiger partial charge >= 0.3 is 0 Å². The molecule has 3 rings (SSSR count). The fourth-order valence-corrected chi connectivity index (χ4v) is 3.50. The van der Waals surface area contributed by atoms with Gasteiger partial charge in [-0.25, -0.2) is 4.98 Å². The first-order valence-electron chi connectivity index (χ1n) is 8.35. The van der Waals surface area contributed by atoms with Crippen LogP contribution in [-0.2, 0) is 20.8 Å². The van der Waals surface area contributed by atoms with Crippen molar-refractivity contribution in [1.82, 2.24) is 19.8 Å². The molecule has 1 N–H and O–H groups in total. The molecule has 0 radical (unpaired) electrons. The van der Waals surface area contributed by atoms with Crippen molar-refractivity contribution in [2.75, 3.05) is 46.5 Å². The van der Waals surface area contributed by atoms with Gasteiger partial charge < -0.3 is 19.4 Å². The van der Waals surface area contributed by atoms with Crippen LogP contribution in [0.4, 0.5) is 0 Å². The first-order chi connectivity index (χ1) is 11.3. The molecular formula is C16H26N4O3.